The van der Waals surface area contributed by atoms with Gasteiger partial charge in [0.25, 0.3) is 0 Å². The number of hydrogen-bond donors (Lipinski definition) is 1. The SMILES string of the molecule is CCc1cc2ccccc2nc1C(C)=CC1=C(C(C)=O)COC(=O)C1(O)CC. The second kappa shape index (κ2) is 7.68. The van der Waals surface area contributed by atoms with Gasteiger partial charge in [-0.05, 0) is 56.0 Å². The number of allylic oxidation sites excluding steroid dienone is 1. The lowest BCUT2D eigenvalue weighted by Gasteiger charge is -2.32. The van der Waals surface area contributed by atoms with Gasteiger partial charge in [-0.3, -0.25) is 4.79 Å². The molecule has 1 N–H and O–H groups in total. The molecule has 1 aliphatic heterocycles. The summed E-state index contributed by atoms with van der Waals surface area (Å²) in [5.74, 6) is -0.943. The standard InChI is InChI=1S/C23H25NO4/c1-5-16-12-17-9-7-8-10-20(17)24-21(16)14(3)11-19-18(15(4)25)13-28-22(26)23(19,27)6-2/h7-12,27H,5-6,13H2,1-4H3. The number of para-hydroxylation sites is 1. The number of rotatable bonds is 5. The molecule has 1 aliphatic rings. The van der Waals surface area contributed by atoms with Crippen LogP contribution in [0.3, 0.4) is 0 Å². The third-order valence-corrected chi connectivity index (χ3v) is 5.31. The zero-order valence-electron chi connectivity index (χ0n) is 16.7. The Hall–Kier alpha value is -2.79. The van der Waals surface area contributed by atoms with Crippen molar-refractivity contribution in [2.45, 2.75) is 46.1 Å². The average molecular weight is 379 g/mol. The molecule has 2 aromatic rings. The van der Waals surface area contributed by atoms with Gasteiger partial charge in [0.15, 0.2) is 11.4 Å². The Labute approximate surface area is 164 Å². The highest BCUT2D eigenvalue weighted by molar-refractivity contribution is 6.00. The summed E-state index contributed by atoms with van der Waals surface area (Å²) < 4.78 is 5.07. The predicted octanol–water partition coefficient (Wildman–Crippen LogP) is 3.78. The number of hydrogen-bond acceptors (Lipinski definition) is 5. The van der Waals surface area contributed by atoms with Crippen molar-refractivity contribution in [1.82, 2.24) is 4.98 Å². The van der Waals surface area contributed by atoms with E-state index in [0.717, 1.165) is 34.2 Å². The van der Waals surface area contributed by atoms with Gasteiger partial charge in [-0.15, -0.1) is 0 Å². The number of Topliss-reactive ketones (excluding diaryl/α,β-unsaturated/α-hetero) is 1. The van der Waals surface area contributed by atoms with Crippen LogP contribution in [0.15, 0.2) is 47.6 Å². The molecule has 5 heteroatoms. The molecule has 146 valence electrons. The van der Waals surface area contributed by atoms with Gasteiger partial charge in [0.1, 0.15) is 6.61 Å². The topological polar surface area (TPSA) is 76.5 Å². The zero-order valence-corrected chi connectivity index (χ0v) is 16.7. The Bertz CT molecular complexity index is 1020. The minimum Gasteiger partial charge on any atom is -0.458 e. The summed E-state index contributed by atoms with van der Waals surface area (Å²) in [5, 5.41) is 12.0. The Morgan fingerprint density at radius 1 is 1.29 bits per heavy atom. The number of ketones is 1. The molecule has 5 nitrogen and oxygen atoms in total. The first-order chi connectivity index (χ1) is 13.3. The van der Waals surface area contributed by atoms with E-state index < -0.39 is 11.6 Å². The molecule has 1 unspecified atom stereocenters. The molecule has 3 rings (SSSR count). The molecular weight excluding hydrogens is 354 g/mol. The van der Waals surface area contributed by atoms with E-state index in [2.05, 4.69) is 13.0 Å². The molecule has 2 heterocycles. The van der Waals surface area contributed by atoms with E-state index in [1.807, 2.05) is 31.2 Å². The van der Waals surface area contributed by atoms with Crippen molar-refractivity contribution in [2.75, 3.05) is 6.61 Å². The van der Waals surface area contributed by atoms with Crippen LogP contribution in [-0.4, -0.2) is 34.1 Å². The second-order valence-electron chi connectivity index (χ2n) is 7.11. The first-order valence-electron chi connectivity index (χ1n) is 9.53. The fourth-order valence-corrected chi connectivity index (χ4v) is 3.58. The minimum absolute atomic E-state index is 0.119. The number of nitrogens with zero attached hydrogens (tertiary/aromatic N) is 1. The Morgan fingerprint density at radius 2 is 2.00 bits per heavy atom. The highest BCUT2D eigenvalue weighted by atomic mass is 16.6. The summed E-state index contributed by atoms with van der Waals surface area (Å²) in [6.07, 6.45) is 2.63. The van der Waals surface area contributed by atoms with Gasteiger partial charge < -0.3 is 9.84 Å². The number of fused-ring (bicyclic) bond motifs is 1. The van der Waals surface area contributed by atoms with Gasteiger partial charge in [-0.25, -0.2) is 9.78 Å². The summed E-state index contributed by atoms with van der Waals surface area (Å²) in [5.41, 5.74) is 2.33. The normalized spacial score (nSPS) is 20.5. The maximum atomic E-state index is 12.3. The first kappa shape index (κ1) is 20.0. The molecule has 0 saturated carbocycles. The Kier molecular flexibility index (Phi) is 5.47. The molecule has 0 bridgehead atoms. The molecule has 1 aromatic carbocycles. The largest absolute Gasteiger partial charge is 0.458 e. The lowest BCUT2D eigenvalue weighted by Crippen LogP contribution is -2.46. The van der Waals surface area contributed by atoms with Crippen LogP contribution in [0.2, 0.25) is 0 Å². The van der Waals surface area contributed by atoms with Crippen LogP contribution in [0.4, 0.5) is 0 Å². The highest BCUT2D eigenvalue weighted by Crippen LogP contribution is 2.34. The third-order valence-electron chi connectivity index (χ3n) is 5.31. The van der Waals surface area contributed by atoms with Crippen molar-refractivity contribution in [3.63, 3.8) is 0 Å². The van der Waals surface area contributed by atoms with Crippen molar-refractivity contribution in [3.8, 4) is 0 Å². The number of ether oxygens (including phenoxy) is 1. The van der Waals surface area contributed by atoms with Crippen LogP contribution < -0.4 is 0 Å². The molecule has 0 saturated heterocycles. The minimum atomic E-state index is -1.83. The summed E-state index contributed by atoms with van der Waals surface area (Å²) in [6.45, 7) is 6.93. The number of aromatic nitrogens is 1. The Balaban J connectivity index is 2.22. The predicted molar refractivity (Wildman–Crippen MR) is 109 cm³/mol. The third kappa shape index (κ3) is 3.38. The van der Waals surface area contributed by atoms with Crippen LogP contribution in [-0.2, 0) is 20.7 Å². The summed E-state index contributed by atoms with van der Waals surface area (Å²) in [4.78, 5) is 29.2. The number of aliphatic hydroxyl groups is 1. The fraction of sp³-hybridized carbons (Fsp3) is 0.348. The molecule has 1 atom stereocenters. The molecule has 28 heavy (non-hydrogen) atoms. The van der Waals surface area contributed by atoms with E-state index in [9.17, 15) is 14.7 Å². The maximum Gasteiger partial charge on any atom is 0.343 e. The van der Waals surface area contributed by atoms with Gasteiger partial charge in [0.05, 0.1) is 11.2 Å². The molecule has 0 radical (unpaired) electrons. The average Bonchev–Trinajstić information content (AvgIpc) is 2.70. The van der Waals surface area contributed by atoms with Crippen LogP contribution in [0.25, 0.3) is 16.5 Å². The number of carbonyl (C=O) groups is 2. The van der Waals surface area contributed by atoms with Crippen LogP contribution >= 0.6 is 0 Å². The van der Waals surface area contributed by atoms with Crippen LogP contribution in [0.1, 0.15) is 45.4 Å². The summed E-state index contributed by atoms with van der Waals surface area (Å²) >= 11 is 0. The molecule has 1 aromatic heterocycles. The number of aryl methyl sites for hydroxylation is 1. The molecular formula is C23H25NO4. The van der Waals surface area contributed by atoms with Crippen LogP contribution in [0, 0.1) is 0 Å². The van der Waals surface area contributed by atoms with Gasteiger partial charge in [0.2, 0.25) is 0 Å². The lowest BCUT2D eigenvalue weighted by atomic mass is 9.83. The lowest BCUT2D eigenvalue weighted by molar-refractivity contribution is -0.163. The van der Waals surface area contributed by atoms with E-state index in [1.165, 1.54) is 6.92 Å². The number of pyridine rings is 1. The number of esters is 1. The van der Waals surface area contributed by atoms with Crippen molar-refractivity contribution in [3.05, 3.63) is 58.8 Å². The number of carbonyl (C=O) groups excluding carboxylic acids is 2. The van der Waals surface area contributed by atoms with Crippen molar-refractivity contribution in [2.24, 2.45) is 0 Å². The van der Waals surface area contributed by atoms with Gasteiger partial charge in [0, 0.05) is 16.5 Å². The van der Waals surface area contributed by atoms with E-state index >= 15 is 0 Å². The first-order valence-corrected chi connectivity index (χ1v) is 9.53. The van der Waals surface area contributed by atoms with E-state index in [0.29, 0.717) is 11.1 Å². The summed E-state index contributed by atoms with van der Waals surface area (Å²) in [7, 11) is 0. The number of cyclic esters (lactones) is 1. The maximum absolute atomic E-state index is 12.3. The second-order valence-corrected chi connectivity index (χ2v) is 7.11. The van der Waals surface area contributed by atoms with E-state index in [4.69, 9.17) is 9.72 Å². The van der Waals surface area contributed by atoms with Gasteiger partial charge in [-0.1, -0.05) is 32.0 Å². The smallest absolute Gasteiger partial charge is 0.343 e. The summed E-state index contributed by atoms with van der Waals surface area (Å²) in [6, 6.07) is 9.99. The van der Waals surface area contributed by atoms with Gasteiger partial charge in [-0.2, -0.15) is 0 Å². The zero-order chi connectivity index (χ0) is 20.5. The number of benzene rings is 1. The molecule has 0 amide bonds. The van der Waals surface area contributed by atoms with E-state index in [1.54, 1.807) is 13.0 Å². The quantitative estimate of drug-likeness (QED) is 0.800. The monoisotopic (exact) mass is 379 g/mol. The molecule has 0 fully saturated rings. The van der Waals surface area contributed by atoms with E-state index in [-0.39, 0.29) is 18.8 Å². The van der Waals surface area contributed by atoms with Crippen LogP contribution in [0.5, 0.6) is 0 Å². The van der Waals surface area contributed by atoms with Crippen molar-refractivity contribution >= 4 is 28.2 Å². The fourth-order valence-electron chi connectivity index (χ4n) is 3.58. The highest BCUT2D eigenvalue weighted by Gasteiger charge is 2.44. The van der Waals surface area contributed by atoms with Crippen molar-refractivity contribution < 1.29 is 19.4 Å². The van der Waals surface area contributed by atoms with Gasteiger partial charge >= 0.3 is 5.97 Å². The van der Waals surface area contributed by atoms with Crippen molar-refractivity contribution in [1.29, 1.82) is 0 Å². The molecule has 0 aliphatic carbocycles. The Morgan fingerprint density at radius 3 is 2.64 bits per heavy atom. The molecule has 0 spiro atoms.